The fourth-order valence-corrected chi connectivity index (χ4v) is 4.83. The average molecular weight is 443 g/mol. The van der Waals surface area contributed by atoms with Gasteiger partial charge in [-0.1, -0.05) is 0 Å². The Kier molecular flexibility index (Phi) is 7.64. The third kappa shape index (κ3) is 5.16. The van der Waals surface area contributed by atoms with Gasteiger partial charge in [-0.25, -0.2) is 0 Å². The van der Waals surface area contributed by atoms with Gasteiger partial charge in [0, 0.05) is 24.5 Å². The number of hydrogen-bond donors (Lipinski definition) is 3. The second-order valence-corrected chi connectivity index (χ2v) is 8.74. The number of ketones is 3. The van der Waals surface area contributed by atoms with Gasteiger partial charge < -0.3 is 19.7 Å². The molecule has 0 spiro atoms. The van der Waals surface area contributed by atoms with E-state index in [9.17, 15) is 29.7 Å². The van der Waals surface area contributed by atoms with E-state index in [4.69, 9.17) is 4.42 Å². The molecule has 7 nitrogen and oxygen atoms in total. The Morgan fingerprint density at radius 1 is 1.16 bits per heavy atom. The predicted molar refractivity (Wildman–Crippen MR) is 117 cm³/mol. The van der Waals surface area contributed by atoms with Gasteiger partial charge in [-0.3, -0.25) is 14.4 Å². The molecule has 7 heteroatoms. The van der Waals surface area contributed by atoms with Crippen molar-refractivity contribution in [3.8, 4) is 17.1 Å². The molecule has 0 bridgehead atoms. The number of phenols is 1. The van der Waals surface area contributed by atoms with Crippen molar-refractivity contribution in [2.24, 2.45) is 17.8 Å². The molecule has 1 heterocycles. The Hall–Kier alpha value is -2.77. The summed E-state index contributed by atoms with van der Waals surface area (Å²) in [4.78, 5) is 36.9. The third-order valence-corrected chi connectivity index (χ3v) is 6.28. The molecule has 0 fully saturated rings. The van der Waals surface area contributed by atoms with Crippen LogP contribution in [-0.4, -0.2) is 45.9 Å². The molecule has 0 aliphatic heterocycles. The molecule has 0 saturated carbocycles. The highest BCUT2D eigenvalue weighted by atomic mass is 16.3. The van der Waals surface area contributed by atoms with Crippen LogP contribution in [0.1, 0.15) is 54.3 Å². The molecule has 0 amide bonds. The van der Waals surface area contributed by atoms with Crippen molar-refractivity contribution in [2.75, 3.05) is 13.2 Å². The summed E-state index contributed by atoms with van der Waals surface area (Å²) < 4.78 is 5.75. The van der Waals surface area contributed by atoms with Crippen LogP contribution >= 0.6 is 0 Å². The van der Waals surface area contributed by atoms with Crippen LogP contribution in [0.5, 0.6) is 5.75 Å². The first-order chi connectivity index (χ1) is 15.2. The molecule has 1 aromatic heterocycles. The van der Waals surface area contributed by atoms with Gasteiger partial charge in [0.25, 0.3) is 0 Å². The van der Waals surface area contributed by atoms with Crippen LogP contribution in [0.15, 0.2) is 28.7 Å². The molecule has 32 heavy (non-hydrogen) atoms. The van der Waals surface area contributed by atoms with E-state index in [0.717, 1.165) is 11.3 Å². The number of aromatic hydroxyl groups is 1. The number of carbonyl (C=O) groups is 3. The van der Waals surface area contributed by atoms with E-state index in [1.807, 2.05) is 19.1 Å². The number of fused-ring (bicyclic) bond motifs is 1. The van der Waals surface area contributed by atoms with E-state index in [2.05, 4.69) is 0 Å². The number of rotatable bonds is 10. The summed E-state index contributed by atoms with van der Waals surface area (Å²) in [6.07, 6.45) is 1.16. The molecule has 3 atom stereocenters. The van der Waals surface area contributed by atoms with Crippen molar-refractivity contribution in [1.82, 2.24) is 0 Å². The van der Waals surface area contributed by atoms with E-state index in [0.29, 0.717) is 29.7 Å². The minimum Gasteiger partial charge on any atom is -0.507 e. The number of Topliss-reactive ketones (excluding diaryl/α,β-unsaturated/α-hetero) is 3. The number of phenolic OH excluding ortho intramolecular Hbond substituents is 1. The maximum atomic E-state index is 13.0. The smallest absolute Gasteiger partial charge is 0.167 e. The van der Waals surface area contributed by atoms with E-state index in [1.54, 1.807) is 6.07 Å². The monoisotopic (exact) mass is 442 g/mol. The SMILES string of the molecule is CC(=O)CC(=O)C(CO)C(CCO)CC1CC(=O)c2c(O)ccc(-c3ccc(C)o3)c2C1. The van der Waals surface area contributed by atoms with E-state index >= 15 is 0 Å². The molecule has 1 aliphatic rings. The summed E-state index contributed by atoms with van der Waals surface area (Å²) in [5, 5.41) is 29.7. The molecule has 2 aromatic rings. The van der Waals surface area contributed by atoms with Crippen molar-refractivity contribution in [3.05, 3.63) is 41.2 Å². The van der Waals surface area contributed by atoms with Crippen LogP contribution in [0.25, 0.3) is 11.3 Å². The molecule has 3 unspecified atom stereocenters. The molecule has 0 radical (unpaired) electrons. The Morgan fingerprint density at radius 3 is 2.50 bits per heavy atom. The van der Waals surface area contributed by atoms with Crippen LogP contribution in [0.4, 0.5) is 0 Å². The van der Waals surface area contributed by atoms with Gasteiger partial charge in [0.2, 0.25) is 0 Å². The zero-order chi connectivity index (χ0) is 23.4. The highest BCUT2D eigenvalue weighted by molar-refractivity contribution is 6.03. The molecular weight excluding hydrogens is 412 g/mol. The number of aryl methyl sites for hydroxylation is 1. The van der Waals surface area contributed by atoms with Gasteiger partial charge in [0.1, 0.15) is 28.8 Å². The van der Waals surface area contributed by atoms with Crippen LogP contribution in [-0.2, 0) is 16.0 Å². The van der Waals surface area contributed by atoms with Gasteiger partial charge >= 0.3 is 0 Å². The van der Waals surface area contributed by atoms with Gasteiger partial charge in [-0.05, 0) is 74.8 Å². The average Bonchev–Trinajstić information content (AvgIpc) is 3.14. The largest absolute Gasteiger partial charge is 0.507 e. The van der Waals surface area contributed by atoms with Gasteiger partial charge in [0.15, 0.2) is 5.78 Å². The zero-order valence-electron chi connectivity index (χ0n) is 18.5. The predicted octanol–water partition coefficient (Wildman–Crippen LogP) is 3.25. The molecule has 3 N–H and O–H groups in total. The quantitative estimate of drug-likeness (QED) is 0.482. The fraction of sp³-hybridized carbons (Fsp3) is 0.480. The van der Waals surface area contributed by atoms with E-state index < -0.39 is 12.5 Å². The third-order valence-electron chi connectivity index (χ3n) is 6.28. The van der Waals surface area contributed by atoms with Crippen molar-refractivity contribution in [3.63, 3.8) is 0 Å². The van der Waals surface area contributed by atoms with Gasteiger partial charge in [-0.2, -0.15) is 0 Å². The maximum Gasteiger partial charge on any atom is 0.167 e. The molecular formula is C25H30O7. The molecule has 0 saturated heterocycles. The van der Waals surface area contributed by atoms with Crippen LogP contribution in [0, 0.1) is 24.7 Å². The van der Waals surface area contributed by atoms with Crippen LogP contribution in [0.3, 0.4) is 0 Å². The Morgan fingerprint density at radius 2 is 1.91 bits per heavy atom. The molecule has 3 rings (SSSR count). The van der Waals surface area contributed by atoms with Crippen molar-refractivity contribution < 1.29 is 34.1 Å². The molecule has 172 valence electrons. The Balaban J connectivity index is 1.90. The zero-order valence-corrected chi connectivity index (χ0v) is 18.5. The lowest BCUT2D eigenvalue weighted by Crippen LogP contribution is -2.32. The second-order valence-electron chi connectivity index (χ2n) is 8.74. The van der Waals surface area contributed by atoms with Crippen molar-refractivity contribution in [1.29, 1.82) is 0 Å². The second kappa shape index (κ2) is 10.2. The number of furan rings is 1. The Bertz CT molecular complexity index is 1000. The fourth-order valence-electron chi connectivity index (χ4n) is 4.83. The number of carbonyl (C=O) groups excluding carboxylic acids is 3. The number of hydrogen-bond acceptors (Lipinski definition) is 7. The van der Waals surface area contributed by atoms with Crippen LogP contribution in [0.2, 0.25) is 0 Å². The normalized spacial score (nSPS) is 17.6. The van der Waals surface area contributed by atoms with E-state index in [1.165, 1.54) is 13.0 Å². The lowest BCUT2D eigenvalue weighted by Gasteiger charge is -2.31. The minimum atomic E-state index is -0.765. The molecule has 1 aliphatic carbocycles. The van der Waals surface area contributed by atoms with Crippen molar-refractivity contribution in [2.45, 2.75) is 46.0 Å². The van der Waals surface area contributed by atoms with Crippen molar-refractivity contribution >= 4 is 17.3 Å². The van der Waals surface area contributed by atoms with Crippen LogP contribution < -0.4 is 0 Å². The first-order valence-electron chi connectivity index (χ1n) is 10.9. The van der Waals surface area contributed by atoms with Gasteiger partial charge in [-0.15, -0.1) is 0 Å². The summed E-state index contributed by atoms with van der Waals surface area (Å²) in [6, 6.07) is 6.90. The van der Waals surface area contributed by atoms with Gasteiger partial charge in [0.05, 0.1) is 18.6 Å². The summed E-state index contributed by atoms with van der Waals surface area (Å²) in [5.41, 5.74) is 1.76. The summed E-state index contributed by atoms with van der Waals surface area (Å²) in [5.74, 6) is -0.770. The highest BCUT2D eigenvalue weighted by Crippen LogP contribution is 2.41. The standard InChI is InChI=1S/C25H30O7/c1-14(28)9-22(30)20(13-27)17(7-8-26)10-16-11-19-18(24-6-3-15(2)32-24)4-5-21(29)25(19)23(31)12-16/h3-6,16-17,20,26-27,29H,7-13H2,1-2H3. The summed E-state index contributed by atoms with van der Waals surface area (Å²) in [7, 11) is 0. The topological polar surface area (TPSA) is 125 Å². The maximum absolute atomic E-state index is 13.0. The number of aliphatic hydroxyl groups excluding tert-OH is 2. The van der Waals surface area contributed by atoms with E-state index in [-0.39, 0.29) is 60.8 Å². The Labute approximate surface area is 187 Å². The first-order valence-corrected chi connectivity index (χ1v) is 10.9. The lowest BCUT2D eigenvalue weighted by atomic mass is 9.72. The molecule has 1 aromatic carbocycles. The minimum absolute atomic E-state index is 0.0627. The highest BCUT2D eigenvalue weighted by Gasteiger charge is 2.35. The summed E-state index contributed by atoms with van der Waals surface area (Å²) >= 11 is 0. The summed E-state index contributed by atoms with van der Waals surface area (Å²) in [6.45, 7) is 2.58. The number of aliphatic hydroxyl groups is 2. The first kappa shape index (κ1) is 23.9. The number of benzene rings is 1. The lowest BCUT2D eigenvalue weighted by molar-refractivity contribution is -0.131.